The molecule has 3 aromatic rings. The van der Waals surface area contributed by atoms with Crippen LogP contribution in [0.1, 0.15) is 26.3 Å². The molecular weight excluding hydrogens is 420 g/mol. The Balaban J connectivity index is 1.66. The van der Waals surface area contributed by atoms with Gasteiger partial charge in [-0.15, -0.1) is 0 Å². The number of amides is 2. The maximum absolute atomic E-state index is 12.4. The highest BCUT2D eigenvalue weighted by Crippen LogP contribution is 2.26. The van der Waals surface area contributed by atoms with Gasteiger partial charge in [-0.2, -0.15) is 0 Å². The second kappa shape index (κ2) is 8.71. The van der Waals surface area contributed by atoms with Crippen LogP contribution in [0.5, 0.6) is 5.75 Å². The quantitative estimate of drug-likeness (QED) is 0.569. The van der Waals surface area contributed by atoms with Crippen molar-refractivity contribution in [2.24, 2.45) is 0 Å². The zero-order valence-electron chi connectivity index (χ0n) is 15.5. The predicted molar refractivity (Wildman–Crippen MR) is 114 cm³/mol. The van der Waals surface area contributed by atoms with Crippen LogP contribution in [0.25, 0.3) is 0 Å². The van der Waals surface area contributed by atoms with Gasteiger partial charge in [0.05, 0.1) is 11.6 Å². The van der Waals surface area contributed by atoms with Crippen LogP contribution in [0.15, 0.2) is 71.2 Å². The smallest absolute Gasteiger partial charge is 0.255 e. The van der Waals surface area contributed by atoms with Gasteiger partial charge in [-0.25, -0.2) is 0 Å². The summed E-state index contributed by atoms with van der Waals surface area (Å²) >= 11 is 3.37. The first-order chi connectivity index (χ1) is 13.5. The van der Waals surface area contributed by atoms with Crippen LogP contribution in [0.3, 0.4) is 0 Å². The molecule has 0 aliphatic carbocycles. The summed E-state index contributed by atoms with van der Waals surface area (Å²) in [6.07, 6.45) is 0. The molecular formula is C22H19BrN2O3. The fourth-order valence-electron chi connectivity index (χ4n) is 2.67. The van der Waals surface area contributed by atoms with Crippen LogP contribution in [0.4, 0.5) is 11.4 Å². The summed E-state index contributed by atoms with van der Waals surface area (Å²) in [7, 11) is 1.57. The number of hydrogen-bond acceptors (Lipinski definition) is 3. The number of anilines is 2. The molecule has 0 aliphatic rings. The first kappa shape index (κ1) is 19.6. The Labute approximate surface area is 171 Å². The number of carbonyl (C=O) groups excluding carboxylic acids is 2. The molecule has 0 fully saturated rings. The number of benzene rings is 3. The average Bonchev–Trinajstić information content (AvgIpc) is 2.69. The minimum Gasteiger partial charge on any atom is -0.496 e. The highest BCUT2D eigenvalue weighted by molar-refractivity contribution is 9.10. The lowest BCUT2D eigenvalue weighted by molar-refractivity contribution is 0.101. The number of hydrogen-bond donors (Lipinski definition) is 2. The molecule has 2 amide bonds. The predicted octanol–water partition coefficient (Wildman–Crippen LogP) is 5.27. The van der Waals surface area contributed by atoms with Crippen LogP contribution < -0.4 is 15.4 Å². The van der Waals surface area contributed by atoms with Crippen molar-refractivity contribution < 1.29 is 14.3 Å². The van der Waals surface area contributed by atoms with Crippen LogP contribution in [0.2, 0.25) is 0 Å². The second-order valence-corrected chi connectivity index (χ2v) is 7.00. The van der Waals surface area contributed by atoms with Gasteiger partial charge in [-0.05, 0) is 76.9 Å². The maximum Gasteiger partial charge on any atom is 0.255 e. The third-order valence-corrected chi connectivity index (χ3v) is 4.82. The maximum atomic E-state index is 12.4. The number of methoxy groups -OCH3 is 1. The lowest BCUT2D eigenvalue weighted by Gasteiger charge is -2.10. The van der Waals surface area contributed by atoms with E-state index < -0.39 is 0 Å². The molecule has 28 heavy (non-hydrogen) atoms. The van der Waals surface area contributed by atoms with Gasteiger partial charge in [-0.1, -0.05) is 18.2 Å². The summed E-state index contributed by atoms with van der Waals surface area (Å²) < 4.78 is 5.87. The van der Waals surface area contributed by atoms with E-state index in [1.807, 2.05) is 25.1 Å². The van der Waals surface area contributed by atoms with E-state index in [1.165, 1.54) is 0 Å². The highest BCUT2D eigenvalue weighted by Gasteiger charge is 2.11. The van der Waals surface area contributed by atoms with Gasteiger partial charge in [0.25, 0.3) is 11.8 Å². The second-order valence-electron chi connectivity index (χ2n) is 6.15. The molecule has 0 unspecified atom stereocenters. The fraction of sp³-hybridized carbons (Fsp3) is 0.0909. The molecule has 0 atom stereocenters. The third-order valence-electron chi connectivity index (χ3n) is 4.20. The van der Waals surface area contributed by atoms with Crippen molar-refractivity contribution in [3.63, 3.8) is 0 Å². The lowest BCUT2D eigenvalue weighted by atomic mass is 10.1. The normalized spacial score (nSPS) is 10.2. The van der Waals surface area contributed by atoms with Crippen molar-refractivity contribution in [1.29, 1.82) is 0 Å². The van der Waals surface area contributed by atoms with E-state index in [9.17, 15) is 9.59 Å². The summed E-state index contributed by atoms with van der Waals surface area (Å²) in [6.45, 7) is 1.89. The molecule has 6 heteroatoms. The van der Waals surface area contributed by atoms with Crippen molar-refractivity contribution in [2.75, 3.05) is 17.7 Å². The summed E-state index contributed by atoms with van der Waals surface area (Å²) in [6, 6.07) is 19.5. The zero-order valence-corrected chi connectivity index (χ0v) is 17.0. The largest absolute Gasteiger partial charge is 0.496 e. The van der Waals surface area contributed by atoms with E-state index >= 15 is 0 Å². The van der Waals surface area contributed by atoms with E-state index in [4.69, 9.17) is 4.74 Å². The molecule has 0 aliphatic heterocycles. The molecule has 5 nitrogen and oxygen atoms in total. The number of nitrogens with one attached hydrogen (secondary N) is 2. The first-order valence-corrected chi connectivity index (χ1v) is 9.39. The number of carbonyl (C=O) groups is 2. The summed E-state index contributed by atoms with van der Waals surface area (Å²) in [5.74, 6) is 0.253. The van der Waals surface area contributed by atoms with Gasteiger partial charge >= 0.3 is 0 Å². The van der Waals surface area contributed by atoms with Gasteiger partial charge in [0, 0.05) is 22.5 Å². The van der Waals surface area contributed by atoms with E-state index in [0.29, 0.717) is 32.7 Å². The summed E-state index contributed by atoms with van der Waals surface area (Å²) in [4.78, 5) is 24.8. The van der Waals surface area contributed by atoms with E-state index in [1.54, 1.807) is 55.6 Å². The van der Waals surface area contributed by atoms with Gasteiger partial charge < -0.3 is 15.4 Å². The Morgan fingerprint density at radius 2 is 1.46 bits per heavy atom. The minimum absolute atomic E-state index is 0.169. The van der Waals surface area contributed by atoms with Crippen molar-refractivity contribution in [3.8, 4) is 5.75 Å². The van der Waals surface area contributed by atoms with E-state index in [0.717, 1.165) is 5.56 Å². The van der Waals surface area contributed by atoms with E-state index in [-0.39, 0.29) is 11.8 Å². The van der Waals surface area contributed by atoms with Gasteiger partial charge in [0.2, 0.25) is 0 Å². The van der Waals surface area contributed by atoms with E-state index in [2.05, 4.69) is 26.6 Å². The SMILES string of the molecule is COc1ccc(C(=O)Nc2ccc(NC(=O)c3ccccc3C)cc2)cc1Br. The molecule has 0 saturated heterocycles. The molecule has 3 rings (SSSR count). The Morgan fingerprint density at radius 3 is 2.04 bits per heavy atom. The van der Waals surface area contributed by atoms with Crippen molar-refractivity contribution >= 4 is 39.1 Å². The lowest BCUT2D eigenvalue weighted by Crippen LogP contribution is -2.14. The molecule has 3 aromatic carbocycles. The minimum atomic E-state index is -0.236. The zero-order chi connectivity index (χ0) is 20.1. The van der Waals surface area contributed by atoms with Crippen molar-refractivity contribution in [2.45, 2.75) is 6.92 Å². The Hall–Kier alpha value is -3.12. The number of aryl methyl sites for hydroxylation is 1. The first-order valence-electron chi connectivity index (χ1n) is 8.60. The summed E-state index contributed by atoms with van der Waals surface area (Å²) in [5, 5.41) is 5.69. The summed E-state index contributed by atoms with van der Waals surface area (Å²) in [5.41, 5.74) is 3.33. The molecule has 142 valence electrons. The molecule has 0 radical (unpaired) electrons. The average molecular weight is 439 g/mol. The van der Waals surface area contributed by atoms with Crippen molar-refractivity contribution in [3.05, 3.63) is 87.9 Å². The molecule has 0 saturated carbocycles. The molecule has 0 heterocycles. The van der Waals surface area contributed by atoms with Crippen LogP contribution in [-0.4, -0.2) is 18.9 Å². The third kappa shape index (κ3) is 4.58. The Kier molecular flexibility index (Phi) is 6.11. The Morgan fingerprint density at radius 1 is 0.857 bits per heavy atom. The molecule has 0 spiro atoms. The standard InChI is InChI=1S/C22H19BrN2O3/c1-14-5-3-4-6-18(14)22(27)25-17-10-8-16(9-11-17)24-21(26)15-7-12-20(28-2)19(23)13-15/h3-13H,1-2H3,(H,24,26)(H,25,27). The van der Waals surface area contributed by atoms with Gasteiger partial charge in [0.15, 0.2) is 0 Å². The number of ether oxygens (including phenoxy) is 1. The Bertz CT molecular complexity index is 1020. The molecule has 2 N–H and O–H groups in total. The number of rotatable bonds is 5. The fourth-order valence-corrected chi connectivity index (χ4v) is 3.21. The van der Waals surface area contributed by atoms with Crippen LogP contribution in [0, 0.1) is 6.92 Å². The monoisotopic (exact) mass is 438 g/mol. The van der Waals surface area contributed by atoms with Crippen LogP contribution >= 0.6 is 15.9 Å². The molecule has 0 aromatic heterocycles. The highest BCUT2D eigenvalue weighted by atomic mass is 79.9. The topological polar surface area (TPSA) is 67.4 Å². The van der Waals surface area contributed by atoms with Crippen molar-refractivity contribution in [1.82, 2.24) is 0 Å². The molecule has 0 bridgehead atoms. The van der Waals surface area contributed by atoms with Crippen LogP contribution in [-0.2, 0) is 0 Å². The number of halogens is 1. The van der Waals surface area contributed by atoms with Gasteiger partial charge in [0.1, 0.15) is 5.75 Å². The van der Waals surface area contributed by atoms with Gasteiger partial charge in [-0.3, -0.25) is 9.59 Å².